The van der Waals surface area contributed by atoms with Crippen LogP contribution in [0, 0.1) is 0 Å². The van der Waals surface area contributed by atoms with Crippen molar-refractivity contribution in [3.8, 4) is 0 Å². The van der Waals surface area contributed by atoms with Crippen molar-refractivity contribution in [1.82, 2.24) is 15.0 Å². The third-order valence-corrected chi connectivity index (χ3v) is 4.02. The Hall–Kier alpha value is -1.68. The van der Waals surface area contributed by atoms with Crippen molar-refractivity contribution in [3.63, 3.8) is 0 Å². The summed E-state index contributed by atoms with van der Waals surface area (Å²) in [6.45, 7) is 7.03. The van der Waals surface area contributed by atoms with E-state index < -0.39 is 0 Å². The van der Waals surface area contributed by atoms with Crippen LogP contribution in [0.15, 0.2) is 30.3 Å². The van der Waals surface area contributed by atoms with E-state index in [4.69, 9.17) is 5.73 Å². The Morgan fingerprint density at radius 2 is 1.80 bits per heavy atom. The van der Waals surface area contributed by atoms with E-state index in [1.807, 2.05) is 6.07 Å². The Morgan fingerprint density at radius 1 is 1.15 bits per heavy atom. The number of benzene rings is 1. The van der Waals surface area contributed by atoms with Crippen LogP contribution in [0.1, 0.15) is 62.5 Å². The average molecular weight is 272 g/mol. The maximum absolute atomic E-state index is 5.83. The first-order valence-corrected chi connectivity index (χ1v) is 7.41. The van der Waals surface area contributed by atoms with Crippen LogP contribution in [-0.4, -0.2) is 15.0 Å². The number of nitrogens with two attached hydrogens (primary N) is 1. The smallest absolute Gasteiger partial charge is 0.0997 e. The molecule has 20 heavy (non-hydrogen) atoms. The highest BCUT2D eigenvalue weighted by Crippen LogP contribution is 2.29. The van der Waals surface area contributed by atoms with Crippen molar-refractivity contribution >= 4 is 0 Å². The summed E-state index contributed by atoms with van der Waals surface area (Å²) in [5.74, 6) is 0.467. The summed E-state index contributed by atoms with van der Waals surface area (Å²) in [7, 11) is 0. The lowest BCUT2D eigenvalue weighted by Crippen LogP contribution is -2.16. The van der Waals surface area contributed by atoms with Crippen LogP contribution < -0.4 is 5.73 Å². The van der Waals surface area contributed by atoms with Crippen LogP contribution in [0.4, 0.5) is 0 Å². The molecule has 0 spiro atoms. The van der Waals surface area contributed by atoms with Crippen molar-refractivity contribution < 1.29 is 0 Å². The molecule has 2 rings (SSSR count). The molecule has 4 nitrogen and oxygen atoms in total. The average Bonchev–Trinajstić information content (AvgIpc) is 2.92. The van der Waals surface area contributed by atoms with Crippen molar-refractivity contribution in [1.29, 1.82) is 0 Å². The molecular weight excluding hydrogens is 248 g/mol. The fraction of sp³-hybridized carbons (Fsp3) is 0.500. The van der Waals surface area contributed by atoms with Gasteiger partial charge in [0.1, 0.15) is 0 Å². The molecule has 0 saturated carbocycles. The first-order chi connectivity index (χ1) is 9.72. The van der Waals surface area contributed by atoms with Gasteiger partial charge in [-0.3, -0.25) is 0 Å². The minimum absolute atomic E-state index is 0.180. The van der Waals surface area contributed by atoms with Crippen LogP contribution in [0.5, 0.6) is 0 Å². The van der Waals surface area contributed by atoms with Gasteiger partial charge in [-0.05, 0) is 25.3 Å². The molecule has 1 aromatic carbocycles. The number of aromatic nitrogens is 3. The van der Waals surface area contributed by atoms with Gasteiger partial charge in [0.25, 0.3) is 0 Å². The molecule has 0 aliphatic heterocycles. The second-order valence-corrected chi connectivity index (χ2v) is 5.17. The molecule has 0 aliphatic carbocycles. The van der Waals surface area contributed by atoms with Crippen LogP contribution in [-0.2, 0) is 6.54 Å². The molecule has 2 N–H and O–H groups in total. The van der Waals surface area contributed by atoms with Crippen LogP contribution in [0.3, 0.4) is 0 Å². The predicted octanol–water partition coefficient (Wildman–Crippen LogP) is 3.25. The van der Waals surface area contributed by atoms with Crippen LogP contribution >= 0.6 is 0 Å². The Morgan fingerprint density at radius 3 is 2.35 bits per heavy atom. The zero-order valence-electron chi connectivity index (χ0n) is 12.6. The monoisotopic (exact) mass is 272 g/mol. The molecule has 4 heteroatoms. The van der Waals surface area contributed by atoms with Gasteiger partial charge >= 0.3 is 0 Å². The van der Waals surface area contributed by atoms with Gasteiger partial charge in [0, 0.05) is 12.5 Å². The second-order valence-electron chi connectivity index (χ2n) is 5.17. The largest absolute Gasteiger partial charge is 0.325 e. The van der Waals surface area contributed by atoms with Gasteiger partial charge in [0.15, 0.2) is 0 Å². The highest BCUT2D eigenvalue weighted by atomic mass is 15.4. The number of hydrogen-bond donors (Lipinski definition) is 1. The van der Waals surface area contributed by atoms with E-state index in [0.717, 1.165) is 18.5 Å². The summed E-state index contributed by atoms with van der Waals surface area (Å²) in [5, 5.41) is 8.65. The summed E-state index contributed by atoms with van der Waals surface area (Å²) in [5.41, 5.74) is 9.21. The van der Waals surface area contributed by atoms with Gasteiger partial charge in [-0.25, -0.2) is 4.68 Å². The van der Waals surface area contributed by atoms with Gasteiger partial charge < -0.3 is 5.73 Å². The summed E-state index contributed by atoms with van der Waals surface area (Å²) < 4.78 is 2.05. The van der Waals surface area contributed by atoms with E-state index in [0.29, 0.717) is 12.5 Å². The molecule has 1 heterocycles. The molecule has 1 atom stereocenters. The molecule has 0 amide bonds. The molecule has 0 saturated heterocycles. The highest BCUT2D eigenvalue weighted by molar-refractivity contribution is 5.23. The number of hydrogen-bond acceptors (Lipinski definition) is 3. The molecule has 0 bridgehead atoms. The lowest BCUT2D eigenvalue weighted by molar-refractivity contribution is 0.483. The summed E-state index contributed by atoms with van der Waals surface area (Å²) in [6, 6.07) is 10.6. The summed E-state index contributed by atoms with van der Waals surface area (Å²) >= 11 is 0. The molecule has 0 aliphatic rings. The van der Waals surface area contributed by atoms with Crippen molar-refractivity contribution in [3.05, 3.63) is 47.3 Å². The van der Waals surface area contributed by atoms with E-state index in [-0.39, 0.29) is 6.04 Å². The van der Waals surface area contributed by atoms with E-state index in [1.54, 1.807) is 0 Å². The van der Waals surface area contributed by atoms with Gasteiger partial charge in [-0.2, -0.15) is 0 Å². The Labute approximate surface area is 121 Å². The quantitative estimate of drug-likeness (QED) is 0.878. The molecule has 108 valence electrons. The summed E-state index contributed by atoms with van der Waals surface area (Å²) in [6.07, 6.45) is 2.16. The van der Waals surface area contributed by atoms with E-state index in [9.17, 15) is 0 Å². The minimum Gasteiger partial charge on any atom is -0.325 e. The maximum Gasteiger partial charge on any atom is 0.0997 e. The maximum atomic E-state index is 5.83. The van der Waals surface area contributed by atoms with Crippen molar-refractivity contribution in [2.24, 2.45) is 5.73 Å². The second kappa shape index (κ2) is 6.66. The zero-order chi connectivity index (χ0) is 14.5. The standard InChI is InChI=1S/C16H24N4/c1-4-13(5-2)16-15(11-17)18-19-20(16)12(3)14-9-7-6-8-10-14/h6-10,12-13H,4-5,11,17H2,1-3H3. The van der Waals surface area contributed by atoms with E-state index in [2.05, 4.69) is 60.0 Å². The molecular formula is C16H24N4. The van der Waals surface area contributed by atoms with Crippen molar-refractivity contribution in [2.45, 2.75) is 52.1 Å². The topological polar surface area (TPSA) is 56.7 Å². The van der Waals surface area contributed by atoms with Crippen LogP contribution in [0.2, 0.25) is 0 Å². The van der Waals surface area contributed by atoms with Crippen LogP contribution in [0.25, 0.3) is 0 Å². The summed E-state index contributed by atoms with van der Waals surface area (Å²) in [4.78, 5) is 0. The minimum atomic E-state index is 0.180. The molecule has 1 aromatic heterocycles. The first-order valence-electron chi connectivity index (χ1n) is 7.41. The van der Waals surface area contributed by atoms with E-state index >= 15 is 0 Å². The third-order valence-electron chi connectivity index (χ3n) is 4.02. The predicted molar refractivity (Wildman–Crippen MR) is 81.5 cm³/mol. The Balaban J connectivity index is 2.44. The van der Waals surface area contributed by atoms with Gasteiger partial charge in [-0.15, -0.1) is 5.10 Å². The lowest BCUT2D eigenvalue weighted by Gasteiger charge is -2.20. The lowest BCUT2D eigenvalue weighted by atomic mass is 9.96. The third kappa shape index (κ3) is 2.75. The Bertz CT molecular complexity index is 529. The van der Waals surface area contributed by atoms with Gasteiger partial charge in [0.2, 0.25) is 0 Å². The van der Waals surface area contributed by atoms with E-state index in [1.165, 1.54) is 11.3 Å². The van der Waals surface area contributed by atoms with Gasteiger partial charge in [-0.1, -0.05) is 49.4 Å². The highest BCUT2D eigenvalue weighted by Gasteiger charge is 2.22. The molecule has 0 fully saturated rings. The molecule has 1 unspecified atom stereocenters. The normalized spacial score (nSPS) is 12.8. The SMILES string of the molecule is CCC(CC)c1c(CN)nnn1C(C)c1ccccc1. The van der Waals surface area contributed by atoms with Gasteiger partial charge in [0.05, 0.1) is 17.4 Å². The fourth-order valence-electron chi connectivity index (χ4n) is 2.74. The fourth-order valence-corrected chi connectivity index (χ4v) is 2.74. The first kappa shape index (κ1) is 14.7. The number of rotatable bonds is 6. The Kier molecular flexibility index (Phi) is 4.90. The molecule has 2 aromatic rings. The zero-order valence-corrected chi connectivity index (χ0v) is 12.6. The van der Waals surface area contributed by atoms with Crippen molar-refractivity contribution in [2.75, 3.05) is 0 Å². The number of nitrogens with zero attached hydrogens (tertiary/aromatic N) is 3. The molecule has 0 radical (unpaired) electrons.